The summed E-state index contributed by atoms with van der Waals surface area (Å²) in [5.74, 6) is -1.02. The van der Waals surface area contributed by atoms with Gasteiger partial charge in [-0.2, -0.15) is 5.10 Å². The molecule has 0 atom stereocenters. The molecule has 28 heavy (non-hydrogen) atoms. The smallest absolute Gasteiger partial charge is 0.264 e. The average Bonchev–Trinajstić information content (AvgIpc) is 2.99. The van der Waals surface area contributed by atoms with Crippen molar-refractivity contribution in [3.63, 3.8) is 0 Å². The number of aryl methyl sites for hydroxylation is 2. The van der Waals surface area contributed by atoms with Gasteiger partial charge in [-0.25, -0.2) is 17.8 Å². The molecule has 0 radical (unpaired) electrons. The van der Waals surface area contributed by atoms with Crippen molar-refractivity contribution in [3.8, 4) is 5.69 Å². The van der Waals surface area contributed by atoms with E-state index in [4.69, 9.17) is 0 Å². The van der Waals surface area contributed by atoms with Crippen LogP contribution in [0.4, 0.5) is 0 Å². The molecule has 8 heteroatoms. The number of amides is 1. The van der Waals surface area contributed by atoms with E-state index >= 15 is 0 Å². The number of sulfonamides is 1. The molecule has 1 N–H and O–H groups in total. The van der Waals surface area contributed by atoms with Gasteiger partial charge in [0.05, 0.1) is 16.3 Å². The molecule has 0 fully saturated rings. The standard InChI is InChI=1S/C20H19N3O4S/c1-13-11-14(2)23(21-13)18-9-7-16(8-10-18)20(25)22-28(26,27)19-6-4-5-17(12-19)15(3)24/h4-12H,1-3H3,(H,22,25). The Morgan fingerprint density at radius 1 is 0.964 bits per heavy atom. The van der Waals surface area contributed by atoms with Crippen molar-refractivity contribution in [3.05, 3.63) is 77.1 Å². The molecular formula is C20H19N3O4S. The number of rotatable bonds is 5. The highest BCUT2D eigenvalue weighted by molar-refractivity contribution is 7.90. The van der Waals surface area contributed by atoms with E-state index in [1.54, 1.807) is 16.8 Å². The third kappa shape index (κ3) is 4.01. The maximum atomic E-state index is 12.5. The van der Waals surface area contributed by atoms with E-state index in [0.717, 1.165) is 17.1 Å². The molecule has 2 aromatic carbocycles. The summed E-state index contributed by atoms with van der Waals surface area (Å²) in [6, 6.07) is 13.9. The van der Waals surface area contributed by atoms with Crippen molar-refractivity contribution in [2.24, 2.45) is 0 Å². The number of Topliss-reactive ketones (excluding diaryl/α,β-unsaturated/α-hetero) is 1. The zero-order chi connectivity index (χ0) is 20.5. The molecule has 0 saturated heterocycles. The summed E-state index contributed by atoms with van der Waals surface area (Å²) in [6.45, 7) is 5.15. The Kier molecular flexibility index (Phi) is 5.15. The van der Waals surface area contributed by atoms with E-state index in [0.29, 0.717) is 0 Å². The van der Waals surface area contributed by atoms with E-state index in [-0.39, 0.29) is 21.8 Å². The summed E-state index contributed by atoms with van der Waals surface area (Å²) in [6.07, 6.45) is 0. The van der Waals surface area contributed by atoms with Crippen LogP contribution in [0.3, 0.4) is 0 Å². The molecule has 7 nitrogen and oxygen atoms in total. The SMILES string of the molecule is CC(=O)c1cccc(S(=O)(=O)NC(=O)c2ccc(-n3nc(C)cc3C)cc2)c1. The molecule has 3 aromatic rings. The minimum atomic E-state index is -4.10. The fourth-order valence-corrected chi connectivity index (χ4v) is 3.79. The maximum Gasteiger partial charge on any atom is 0.264 e. The van der Waals surface area contributed by atoms with Crippen molar-refractivity contribution in [1.29, 1.82) is 0 Å². The number of nitrogens with zero attached hydrogens (tertiary/aromatic N) is 2. The molecule has 3 rings (SSSR count). The van der Waals surface area contributed by atoms with E-state index < -0.39 is 15.9 Å². The van der Waals surface area contributed by atoms with Gasteiger partial charge in [-0.1, -0.05) is 12.1 Å². The fraction of sp³-hybridized carbons (Fsp3) is 0.150. The molecule has 1 heterocycles. The van der Waals surface area contributed by atoms with Gasteiger partial charge in [-0.15, -0.1) is 0 Å². The lowest BCUT2D eigenvalue weighted by Gasteiger charge is -2.09. The van der Waals surface area contributed by atoms with Crippen LogP contribution in [0.5, 0.6) is 0 Å². The summed E-state index contributed by atoms with van der Waals surface area (Å²) < 4.78 is 28.7. The van der Waals surface area contributed by atoms with Gasteiger partial charge in [-0.3, -0.25) is 9.59 Å². The summed E-state index contributed by atoms with van der Waals surface area (Å²) in [4.78, 5) is 23.7. The van der Waals surface area contributed by atoms with Crippen molar-refractivity contribution in [2.45, 2.75) is 25.7 Å². The number of carbonyl (C=O) groups excluding carboxylic acids is 2. The first kappa shape index (κ1) is 19.5. The van der Waals surface area contributed by atoms with Crippen LogP contribution in [-0.4, -0.2) is 29.9 Å². The molecule has 144 valence electrons. The predicted octanol–water partition coefficient (Wildman–Crippen LogP) is 2.81. The largest absolute Gasteiger partial charge is 0.295 e. The number of benzene rings is 2. The van der Waals surface area contributed by atoms with Gasteiger partial charge >= 0.3 is 0 Å². The Morgan fingerprint density at radius 2 is 1.64 bits per heavy atom. The zero-order valence-corrected chi connectivity index (χ0v) is 16.4. The van der Waals surface area contributed by atoms with Crippen LogP contribution < -0.4 is 4.72 Å². The highest BCUT2D eigenvalue weighted by Gasteiger charge is 2.19. The first-order valence-corrected chi connectivity index (χ1v) is 9.97. The van der Waals surface area contributed by atoms with Crippen molar-refractivity contribution in [1.82, 2.24) is 14.5 Å². The van der Waals surface area contributed by atoms with Gasteiger partial charge in [0, 0.05) is 16.8 Å². The summed E-state index contributed by atoms with van der Waals surface area (Å²) in [5.41, 5.74) is 3.03. The second-order valence-electron chi connectivity index (χ2n) is 6.40. The topological polar surface area (TPSA) is 98.1 Å². The first-order valence-electron chi connectivity index (χ1n) is 8.49. The van der Waals surface area contributed by atoms with Crippen molar-refractivity contribution < 1.29 is 18.0 Å². The van der Waals surface area contributed by atoms with Gasteiger partial charge in [-0.05, 0) is 63.2 Å². The van der Waals surface area contributed by atoms with Gasteiger partial charge < -0.3 is 0 Å². The number of nitrogens with one attached hydrogen (secondary N) is 1. The molecule has 1 aromatic heterocycles. The molecule has 0 aliphatic heterocycles. The van der Waals surface area contributed by atoms with Crippen LogP contribution in [0.1, 0.15) is 39.0 Å². The second-order valence-corrected chi connectivity index (χ2v) is 8.09. The number of hydrogen-bond acceptors (Lipinski definition) is 5. The van der Waals surface area contributed by atoms with E-state index in [2.05, 4.69) is 5.10 Å². The zero-order valence-electron chi connectivity index (χ0n) is 15.6. The molecule has 0 aliphatic carbocycles. The lowest BCUT2D eigenvalue weighted by Crippen LogP contribution is -2.30. The Balaban J connectivity index is 1.81. The normalized spacial score (nSPS) is 11.2. The van der Waals surface area contributed by atoms with Gasteiger partial charge in [0.2, 0.25) is 0 Å². The van der Waals surface area contributed by atoms with E-state index in [1.165, 1.54) is 43.3 Å². The van der Waals surface area contributed by atoms with Crippen LogP contribution in [0.15, 0.2) is 59.5 Å². The molecule has 0 unspecified atom stereocenters. The number of carbonyl (C=O) groups is 2. The minimum absolute atomic E-state index is 0.146. The molecule has 0 spiro atoms. The molecule has 0 aliphatic rings. The summed E-state index contributed by atoms with van der Waals surface area (Å²) in [7, 11) is -4.10. The first-order chi connectivity index (χ1) is 13.2. The Bertz CT molecular complexity index is 1160. The Morgan fingerprint density at radius 3 is 2.21 bits per heavy atom. The van der Waals surface area contributed by atoms with Gasteiger partial charge in [0.25, 0.3) is 15.9 Å². The molecule has 0 bridgehead atoms. The minimum Gasteiger partial charge on any atom is -0.295 e. The lowest BCUT2D eigenvalue weighted by molar-refractivity contribution is 0.0979. The maximum absolute atomic E-state index is 12.5. The third-order valence-corrected chi connectivity index (χ3v) is 5.49. The predicted molar refractivity (Wildman–Crippen MR) is 104 cm³/mol. The quantitative estimate of drug-likeness (QED) is 0.668. The number of aromatic nitrogens is 2. The summed E-state index contributed by atoms with van der Waals surface area (Å²) in [5, 5.41) is 4.37. The molecular weight excluding hydrogens is 378 g/mol. The highest BCUT2D eigenvalue weighted by atomic mass is 32.2. The fourth-order valence-electron chi connectivity index (χ4n) is 2.77. The Hall–Kier alpha value is -3.26. The van der Waals surface area contributed by atoms with Crippen LogP contribution in [0.2, 0.25) is 0 Å². The van der Waals surface area contributed by atoms with Crippen LogP contribution in [-0.2, 0) is 10.0 Å². The van der Waals surface area contributed by atoms with Crippen LogP contribution >= 0.6 is 0 Å². The second kappa shape index (κ2) is 7.40. The van der Waals surface area contributed by atoms with Crippen molar-refractivity contribution >= 4 is 21.7 Å². The monoisotopic (exact) mass is 397 g/mol. The molecule has 0 saturated carbocycles. The van der Waals surface area contributed by atoms with Crippen LogP contribution in [0, 0.1) is 13.8 Å². The van der Waals surface area contributed by atoms with Gasteiger partial charge in [0.15, 0.2) is 5.78 Å². The highest BCUT2D eigenvalue weighted by Crippen LogP contribution is 2.15. The lowest BCUT2D eigenvalue weighted by atomic mass is 10.2. The van der Waals surface area contributed by atoms with Crippen LogP contribution in [0.25, 0.3) is 5.69 Å². The van der Waals surface area contributed by atoms with Crippen molar-refractivity contribution in [2.75, 3.05) is 0 Å². The number of ketones is 1. The Labute approximate surface area is 163 Å². The average molecular weight is 397 g/mol. The summed E-state index contributed by atoms with van der Waals surface area (Å²) >= 11 is 0. The van der Waals surface area contributed by atoms with E-state index in [9.17, 15) is 18.0 Å². The third-order valence-electron chi connectivity index (χ3n) is 4.16. The molecule has 1 amide bonds. The van der Waals surface area contributed by atoms with Gasteiger partial charge in [0.1, 0.15) is 0 Å². The number of hydrogen-bond donors (Lipinski definition) is 1. The van der Waals surface area contributed by atoms with E-state index in [1.807, 2.05) is 24.6 Å².